The largest absolute Gasteiger partial charge is 0.310 e. The van der Waals surface area contributed by atoms with Gasteiger partial charge in [-0.3, -0.25) is 0 Å². The number of aryl methyl sites for hydroxylation is 1. The molecule has 1 saturated heterocycles. The first-order valence-corrected chi connectivity index (χ1v) is 5.39. The summed E-state index contributed by atoms with van der Waals surface area (Å²) in [5, 5.41) is 3.31. The van der Waals surface area contributed by atoms with E-state index in [-0.39, 0.29) is 5.82 Å². The summed E-state index contributed by atoms with van der Waals surface area (Å²) in [7, 11) is 0. The Balaban J connectivity index is 2.02. The summed E-state index contributed by atoms with van der Waals surface area (Å²) < 4.78 is 13.6. The highest BCUT2D eigenvalue weighted by atomic mass is 19.1. The van der Waals surface area contributed by atoms with Gasteiger partial charge in [0, 0.05) is 6.04 Å². The Morgan fingerprint density at radius 1 is 1.29 bits per heavy atom. The summed E-state index contributed by atoms with van der Waals surface area (Å²) in [4.78, 5) is 0. The lowest BCUT2D eigenvalue weighted by atomic mass is 9.94. The van der Waals surface area contributed by atoms with Crippen LogP contribution in [0, 0.1) is 5.82 Å². The summed E-state index contributed by atoms with van der Waals surface area (Å²) in [5.41, 5.74) is 3.36. The molecule has 1 unspecified atom stereocenters. The predicted octanol–water partition coefficient (Wildman–Crippen LogP) is 2.35. The Labute approximate surface area is 83.3 Å². The van der Waals surface area contributed by atoms with Crippen LogP contribution in [0.1, 0.15) is 35.6 Å². The lowest BCUT2D eigenvalue weighted by molar-refractivity contribution is 0.381. The van der Waals surface area contributed by atoms with E-state index in [1.54, 1.807) is 6.07 Å². The maximum Gasteiger partial charge on any atom is 0.127 e. The normalized spacial score (nSPS) is 24.5. The Bertz CT molecular complexity index is 369. The van der Waals surface area contributed by atoms with E-state index < -0.39 is 0 Å². The molecular weight excluding hydrogens is 177 g/mol. The van der Waals surface area contributed by atoms with Crippen molar-refractivity contribution in [2.24, 2.45) is 0 Å². The van der Waals surface area contributed by atoms with E-state index in [4.69, 9.17) is 0 Å². The van der Waals surface area contributed by atoms with Gasteiger partial charge in [0.2, 0.25) is 0 Å². The van der Waals surface area contributed by atoms with Crippen molar-refractivity contribution in [1.82, 2.24) is 5.32 Å². The molecule has 2 aliphatic rings. The highest BCUT2D eigenvalue weighted by molar-refractivity contribution is 5.38. The first-order chi connectivity index (χ1) is 6.84. The van der Waals surface area contributed by atoms with Crippen LogP contribution in [0.15, 0.2) is 12.1 Å². The van der Waals surface area contributed by atoms with E-state index in [1.165, 1.54) is 5.56 Å². The molecule has 14 heavy (non-hydrogen) atoms. The number of nitrogens with one attached hydrogen (secondary N) is 1. The predicted molar refractivity (Wildman–Crippen MR) is 53.8 cm³/mol. The molecule has 0 bridgehead atoms. The molecule has 0 aromatic heterocycles. The first-order valence-electron chi connectivity index (χ1n) is 5.39. The molecule has 0 spiro atoms. The van der Waals surface area contributed by atoms with Crippen molar-refractivity contribution in [3.63, 3.8) is 0 Å². The number of benzene rings is 1. The SMILES string of the molecule is Fc1cc(C2CCN2)cc2c1CCC2. The standard InChI is InChI=1S/C12H14FN/c13-11-7-9(12-4-5-14-12)6-8-2-1-3-10(8)11/h6-7,12,14H,1-5H2. The van der Waals surface area contributed by atoms with E-state index >= 15 is 0 Å². The third-order valence-corrected chi connectivity index (χ3v) is 3.41. The number of fused-ring (bicyclic) bond motifs is 1. The van der Waals surface area contributed by atoms with Crippen molar-refractivity contribution < 1.29 is 4.39 Å². The minimum Gasteiger partial charge on any atom is -0.310 e. The minimum absolute atomic E-state index is 0.0173. The molecule has 1 aliphatic carbocycles. The van der Waals surface area contributed by atoms with Gasteiger partial charge < -0.3 is 5.32 Å². The molecule has 3 rings (SSSR count). The summed E-state index contributed by atoms with van der Waals surface area (Å²) in [6.45, 7) is 1.07. The van der Waals surface area contributed by atoms with Gasteiger partial charge in [-0.25, -0.2) is 4.39 Å². The quantitative estimate of drug-likeness (QED) is 0.718. The zero-order chi connectivity index (χ0) is 9.54. The number of halogens is 1. The molecule has 0 saturated carbocycles. The van der Waals surface area contributed by atoms with Gasteiger partial charge in [-0.05, 0) is 55.0 Å². The highest BCUT2D eigenvalue weighted by Gasteiger charge is 2.23. The molecule has 1 aromatic rings. The van der Waals surface area contributed by atoms with Crippen molar-refractivity contribution in [2.45, 2.75) is 31.7 Å². The van der Waals surface area contributed by atoms with Gasteiger partial charge in [-0.15, -0.1) is 0 Å². The van der Waals surface area contributed by atoms with Crippen molar-refractivity contribution in [2.75, 3.05) is 6.54 Å². The van der Waals surface area contributed by atoms with Gasteiger partial charge in [0.25, 0.3) is 0 Å². The van der Waals surface area contributed by atoms with E-state index in [9.17, 15) is 4.39 Å². The van der Waals surface area contributed by atoms with Gasteiger partial charge in [0.15, 0.2) is 0 Å². The van der Waals surface area contributed by atoms with Crippen LogP contribution in [0.25, 0.3) is 0 Å². The second kappa shape index (κ2) is 3.06. The fourth-order valence-electron chi connectivity index (χ4n) is 2.45. The molecule has 0 amide bonds. The monoisotopic (exact) mass is 191 g/mol. The van der Waals surface area contributed by atoms with Crippen LogP contribution in [-0.4, -0.2) is 6.54 Å². The highest BCUT2D eigenvalue weighted by Crippen LogP contribution is 2.31. The van der Waals surface area contributed by atoms with Gasteiger partial charge in [0.05, 0.1) is 0 Å². The van der Waals surface area contributed by atoms with Crippen LogP contribution in [0.5, 0.6) is 0 Å². The van der Waals surface area contributed by atoms with Gasteiger partial charge in [-0.1, -0.05) is 6.07 Å². The summed E-state index contributed by atoms with van der Waals surface area (Å²) in [5.74, 6) is 0.0173. The van der Waals surface area contributed by atoms with E-state index in [2.05, 4.69) is 11.4 Å². The van der Waals surface area contributed by atoms with Gasteiger partial charge in [0.1, 0.15) is 5.82 Å². The number of hydrogen-bond acceptors (Lipinski definition) is 1. The third kappa shape index (κ3) is 1.17. The van der Waals surface area contributed by atoms with Crippen LogP contribution in [0.2, 0.25) is 0 Å². The van der Waals surface area contributed by atoms with Crippen molar-refractivity contribution in [1.29, 1.82) is 0 Å². The van der Waals surface area contributed by atoms with Crippen molar-refractivity contribution in [3.8, 4) is 0 Å². The number of rotatable bonds is 1. The molecule has 1 aromatic carbocycles. The van der Waals surface area contributed by atoms with Crippen LogP contribution in [0.4, 0.5) is 4.39 Å². The fourth-order valence-corrected chi connectivity index (χ4v) is 2.45. The molecule has 1 heterocycles. The maximum absolute atomic E-state index is 13.6. The van der Waals surface area contributed by atoms with E-state index in [0.29, 0.717) is 6.04 Å². The lowest BCUT2D eigenvalue weighted by Gasteiger charge is -2.28. The molecule has 1 atom stereocenters. The smallest absolute Gasteiger partial charge is 0.127 e. The molecule has 2 heteroatoms. The van der Waals surface area contributed by atoms with Crippen LogP contribution in [-0.2, 0) is 12.8 Å². The zero-order valence-electron chi connectivity index (χ0n) is 8.15. The molecule has 74 valence electrons. The topological polar surface area (TPSA) is 12.0 Å². The summed E-state index contributed by atoms with van der Waals surface area (Å²) in [6.07, 6.45) is 4.26. The Hall–Kier alpha value is -0.890. The average molecular weight is 191 g/mol. The summed E-state index contributed by atoms with van der Waals surface area (Å²) in [6, 6.07) is 4.33. The van der Waals surface area contributed by atoms with Gasteiger partial charge in [-0.2, -0.15) is 0 Å². The molecule has 1 N–H and O–H groups in total. The Morgan fingerprint density at radius 2 is 2.14 bits per heavy atom. The Morgan fingerprint density at radius 3 is 2.86 bits per heavy atom. The van der Waals surface area contributed by atoms with Crippen molar-refractivity contribution in [3.05, 3.63) is 34.6 Å². The molecule has 1 fully saturated rings. The number of hydrogen-bond donors (Lipinski definition) is 1. The average Bonchev–Trinajstić information content (AvgIpc) is 2.48. The second-order valence-corrected chi connectivity index (χ2v) is 4.29. The molecular formula is C12H14FN. The van der Waals surface area contributed by atoms with Crippen LogP contribution >= 0.6 is 0 Å². The second-order valence-electron chi connectivity index (χ2n) is 4.29. The van der Waals surface area contributed by atoms with E-state index in [0.717, 1.165) is 43.4 Å². The molecule has 1 nitrogen and oxygen atoms in total. The first kappa shape index (κ1) is 8.42. The van der Waals surface area contributed by atoms with E-state index in [1.807, 2.05) is 0 Å². The van der Waals surface area contributed by atoms with Crippen molar-refractivity contribution >= 4 is 0 Å². The van der Waals surface area contributed by atoms with Crippen LogP contribution in [0.3, 0.4) is 0 Å². The third-order valence-electron chi connectivity index (χ3n) is 3.41. The Kier molecular flexibility index (Phi) is 1.84. The fraction of sp³-hybridized carbons (Fsp3) is 0.500. The van der Waals surface area contributed by atoms with Gasteiger partial charge >= 0.3 is 0 Å². The van der Waals surface area contributed by atoms with Crippen LogP contribution < -0.4 is 5.32 Å². The zero-order valence-corrected chi connectivity index (χ0v) is 8.15. The lowest BCUT2D eigenvalue weighted by Crippen LogP contribution is -2.35. The minimum atomic E-state index is 0.0173. The molecule has 1 aliphatic heterocycles. The molecule has 0 radical (unpaired) electrons. The maximum atomic E-state index is 13.6. The summed E-state index contributed by atoms with van der Waals surface area (Å²) >= 11 is 0.